The Bertz CT molecular complexity index is 4750. The highest BCUT2D eigenvalue weighted by atomic mass is 15.2. The molecule has 4 nitrogen and oxygen atoms in total. The number of fused-ring (bicyclic) bond motifs is 4. The van der Waals surface area contributed by atoms with Gasteiger partial charge in [-0.2, -0.15) is 0 Å². The monoisotopic (exact) mass is 1170 g/mol. The molecule has 0 N–H and O–H groups in total. The minimum absolute atomic E-state index is 1.08. The molecule has 0 fully saturated rings. The van der Waals surface area contributed by atoms with Crippen molar-refractivity contribution in [3.8, 4) is 33.4 Å². The molecule has 0 radical (unpaired) electrons. The summed E-state index contributed by atoms with van der Waals surface area (Å²) in [7, 11) is 0. The Morgan fingerprint density at radius 1 is 0.109 bits per heavy atom. The molecule has 0 saturated heterocycles. The third-order valence-electron chi connectivity index (χ3n) is 17.7. The lowest BCUT2D eigenvalue weighted by atomic mass is 10.0. The smallest absolute Gasteiger partial charge is 0.0468 e. The molecule has 0 saturated carbocycles. The number of para-hydroxylation sites is 2. The van der Waals surface area contributed by atoms with Crippen molar-refractivity contribution in [1.29, 1.82) is 0 Å². The molecule has 0 spiro atoms. The minimum atomic E-state index is 1.08. The Kier molecular flexibility index (Phi) is 14.6. The summed E-state index contributed by atoms with van der Waals surface area (Å²) >= 11 is 0. The molecule has 0 aliphatic heterocycles. The first kappa shape index (κ1) is 55.1. The third kappa shape index (κ3) is 11.0. The quantitative estimate of drug-likeness (QED) is 0.101. The Labute approximate surface area is 537 Å². The van der Waals surface area contributed by atoms with Crippen LogP contribution in [0, 0.1) is 0 Å². The van der Waals surface area contributed by atoms with E-state index in [0.29, 0.717) is 0 Å². The summed E-state index contributed by atoms with van der Waals surface area (Å²) in [6.45, 7) is 0. The standard InChI is InChI=1S/C88H62N4/c1-3-23-77(24-4-1)89(81-47-31-69(32-48-81)71-35-51-83(52-36-71)91(85-55-39-63-15-7-11-19-73(63)59-85)86-56-40-64-16-8-12-20-74(64)60-86)79-43-27-67(28-44-79)68-29-45-80(46-30-68)90(78-25-5-2-6-26-78)82-49-33-70(34-50-82)72-37-53-84(54-38-72)92(87-57-41-65-17-9-13-21-75(65)61-87)88-58-42-66-18-10-14-22-76(66)62-88/h1-62H. The average molecular weight is 1180 g/mol. The molecule has 0 amide bonds. The van der Waals surface area contributed by atoms with Gasteiger partial charge in [-0.15, -0.1) is 0 Å². The number of anilines is 12. The van der Waals surface area contributed by atoms with Gasteiger partial charge in [0.15, 0.2) is 0 Å². The van der Waals surface area contributed by atoms with E-state index in [1.807, 2.05) is 0 Å². The second-order valence-electron chi connectivity index (χ2n) is 23.4. The number of benzene rings is 16. The van der Waals surface area contributed by atoms with Gasteiger partial charge in [0.2, 0.25) is 0 Å². The van der Waals surface area contributed by atoms with Crippen molar-refractivity contribution in [2.75, 3.05) is 19.6 Å². The van der Waals surface area contributed by atoms with Crippen molar-refractivity contribution in [2.45, 2.75) is 0 Å². The minimum Gasteiger partial charge on any atom is -0.311 e. The maximum Gasteiger partial charge on any atom is 0.0468 e. The van der Waals surface area contributed by atoms with Crippen LogP contribution >= 0.6 is 0 Å². The van der Waals surface area contributed by atoms with Gasteiger partial charge >= 0.3 is 0 Å². The Hall–Kier alpha value is -12.2. The van der Waals surface area contributed by atoms with Gasteiger partial charge in [-0.1, -0.05) is 231 Å². The number of nitrogens with zero attached hydrogens (tertiary/aromatic N) is 4. The molecule has 16 rings (SSSR count). The lowest BCUT2D eigenvalue weighted by molar-refractivity contribution is 1.28. The average Bonchev–Trinajstić information content (AvgIpc) is 1.27. The lowest BCUT2D eigenvalue weighted by Gasteiger charge is -2.27. The van der Waals surface area contributed by atoms with E-state index in [1.165, 1.54) is 43.1 Å². The summed E-state index contributed by atoms with van der Waals surface area (Å²) in [6, 6.07) is 136. The lowest BCUT2D eigenvalue weighted by Crippen LogP contribution is -2.10. The first-order valence-electron chi connectivity index (χ1n) is 31.4. The number of hydrogen-bond acceptors (Lipinski definition) is 4. The van der Waals surface area contributed by atoms with E-state index in [9.17, 15) is 0 Å². The second kappa shape index (κ2) is 24.4. The van der Waals surface area contributed by atoms with Crippen LogP contribution in [0.15, 0.2) is 376 Å². The molecule has 92 heavy (non-hydrogen) atoms. The van der Waals surface area contributed by atoms with Gasteiger partial charge in [0.1, 0.15) is 0 Å². The van der Waals surface area contributed by atoms with Crippen molar-refractivity contribution in [3.05, 3.63) is 376 Å². The van der Waals surface area contributed by atoms with Gasteiger partial charge in [0.05, 0.1) is 0 Å². The molecule has 0 bridgehead atoms. The number of hydrogen-bond donors (Lipinski definition) is 0. The molecule has 0 aromatic heterocycles. The second-order valence-corrected chi connectivity index (χ2v) is 23.4. The summed E-state index contributed by atoms with van der Waals surface area (Å²) in [5.41, 5.74) is 20.1. The van der Waals surface area contributed by atoms with Gasteiger partial charge in [0.25, 0.3) is 0 Å². The van der Waals surface area contributed by atoms with Gasteiger partial charge in [-0.05, 0) is 222 Å². The first-order valence-corrected chi connectivity index (χ1v) is 31.4. The van der Waals surface area contributed by atoms with Crippen LogP contribution in [-0.2, 0) is 0 Å². The zero-order valence-corrected chi connectivity index (χ0v) is 50.6. The van der Waals surface area contributed by atoms with Crippen LogP contribution in [0.5, 0.6) is 0 Å². The van der Waals surface area contributed by atoms with E-state index in [1.54, 1.807) is 0 Å². The van der Waals surface area contributed by atoms with Crippen LogP contribution in [0.2, 0.25) is 0 Å². The zero-order valence-electron chi connectivity index (χ0n) is 50.6. The summed E-state index contributed by atoms with van der Waals surface area (Å²) < 4.78 is 0. The fourth-order valence-corrected chi connectivity index (χ4v) is 13.0. The van der Waals surface area contributed by atoms with Gasteiger partial charge in [-0.3, -0.25) is 0 Å². The van der Waals surface area contributed by atoms with Crippen LogP contribution in [0.3, 0.4) is 0 Å². The fourth-order valence-electron chi connectivity index (χ4n) is 13.0. The van der Waals surface area contributed by atoms with E-state index < -0.39 is 0 Å². The van der Waals surface area contributed by atoms with Crippen LogP contribution in [0.1, 0.15) is 0 Å². The third-order valence-corrected chi connectivity index (χ3v) is 17.7. The van der Waals surface area contributed by atoms with E-state index in [2.05, 4.69) is 396 Å². The Balaban J connectivity index is 0.642. The molecule has 0 aliphatic carbocycles. The van der Waals surface area contributed by atoms with Crippen LogP contribution in [0.25, 0.3) is 76.5 Å². The molecule has 16 aromatic carbocycles. The van der Waals surface area contributed by atoms with Crippen molar-refractivity contribution < 1.29 is 0 Å². The maximum absolute atomic E-state index is 2.36. The highest BCUT2D eigenvalue weighted by Gasteiger charge is 2.19. The summed E-state index contributed by atoms with van der Waals surface area (Å²) in [4.78, 5) is 9.38. The fraction of sp³-hybridized carbons (Fsp3) is 0. The molecule has 434 valence electrons. The van der Waals surface area contributed by atoms with E-state index in [4.69, 9.17) is 0 Å². The first-order chi connectivity index (χ1) is 45.6. The number of rotatable bonds is 15. The van der Waals surface area contributed by atoms with Crippen LogP contribution < -0.4 is 19.6 Å². The van der Waals surface area contributed by atoms with E-state index in [0.717, 1.165) is 102 Å². The van der Waals surface area contributed by atoms with Crippen LogP contribution in [0.4, 0.5) is 68.2 Å². The maximum atomic E-state index is 2.36. The van der Waals surface area contributed by atoms with Gasteiger partial charge < -0.3 is 19.6 Å². The van der Waals surface area contributed by atoms with Crippen molar-refractivity contribution in [2.24, 2.45) is 0 Å². The molecule has 4 heteroatoms. The molecular formula is C88H62N4. The largest absolute Gasteiger partial charge is 0.311 e. The normalized spacial score (nSPS) is 11.3. The molecule has 16 aromatic rings. The molecule has 0 atom stereocenters. The highest BCUT2D eigenvalue weighted by Crippen LogP contribution is 2.43. The van der Waals surface area contributed by atoms with Crippen LogP contribution in [-0.4, -0.2) is 0 Å². The molecule has 0 unspecified atom stereocenters. The van der Waals surface area contributed by atoms with E-state index in [-0.39, 0.29) is 0 Å². The Morgan fingerprint density at radius 2 is 0.261 bits per heavy atom. The summed E-state index contributed by atoms with van der Waals surface area (Å²) in [5, 5.41) is 9.74. The van der Waals surface area contributed by atoms with Crippen molar-refractivity contribution >= 4 is 111 Å². The summed E-state index contributed by atoms with van der Waals surface area (Å²) in [5.74, 6) is 0. The Morgan fingerprint density at radius 3 is 0.467 bits per heavy atom. The molecular weight excluding hydrogens is 1110 g/mol. The molecule has 0 heterocycles. The highest BCUT2D eigenvalue weighted by molar-refractivity contribution is 5.95. The summed E-state index contributed by atoms with van der Waals surface area (Å²) in [6.07, 6.45) is 0. The van der Waals surface area contributed by atoms with Crippen molar-refractivity contribution in [3.63, 3.8) is 0 Å². The SMILES string of the molecule is c1ccc(N(c2ccc(-c3ccc(N(c4ccccc4)c4ccc(-c5ccc(N(c6ccc7ccccc7c6)c6ccc7ccccc7c6)cc5)cc4)cc3)cc2)c2ccc(-c3ccc(N(c4ccc5ccccc5c4)c4ccc5ccccc5c4)cc3)cc2)cc1. The zero-order chi connectivity index (χ0) is 61.2. The van der Waals surface area contributed by atoms with Crippen molar-refractivity contribution in [1.82, 2.24) is 0 Å². The predicted octanol–water partition coefficient (Wildman–Crippen LogP) is 25.2. The predicted molar refractivity (Wildman–Crippen MR) is 392 cm³/mol. The molecule has 0 aliphatic rings. The van der Waals surface area contributed by atoms with E-state index >= 15 is 0 Å². The topological polar surface area (TPSA) is 13.0 Å². The van der Waals surface area contributed by atoms with Gasteiger partial charge in [-0.25, -0.2) is 0 Å². The van der Waals surface area contributed by atoms with Gasteiger partial charge in [0, 0.05) is 68.2 Å².